The van der Waals surface area contributed by atoms with Crippen LogP contribution in [0.3, 0.4) is 0 Å². The largest absolute Gasteiger partial charge is 0.297 e. The third-order valence-corrected chi connectivity index (χ3v) is 14.4. The number of hydrogen-bond donors (Lipinski definition) is 0. The third kappa shape index (κ3) is 5.38. The van der Waals surface area contributed by atoms with E-state index in [-0.39, 0.29) is 0 Å². The molecule has 3 spiro atoms. The molecule has 0 aromatic carbocycles. The van der Waals surface area contributed by atoms with Gasteiger partial charge < -0.3 is 0 Å². The van der Waals surface area contributed by atoms with Crippen LogP contribution in [0.1, 0.15) is 151 Å². The summed E-state index contributed by atoms with van der Waals surface area (Å²) in [6, 6.07) is 4.74. The van der Waals surface area contributed by atoms with Crippen LogP contribution in [0.4, 0.5) is 0 Å². The van der Waals surface area contributed by atoms with Crippen molar-refractivity contribution in [3.63, 3.8) is 0 Å². The van der Waals surface area contributed by atoms with E-state index in [1.54, 1.807) is 0 Å². The lowest BCUT2D eigenvalue weighted by atomic mass is 9.57. The van der Waals surface area contributed by atoms with Crippen LogP contribution in [-0.2, 0) is 0 Å². The Bertz CT molecular complexity index is 863. The number of nitrogens with zero attached hydrogens (tertiary/aromatic N) is 3. The Balaban J connectivity index is 1.02. The molecule has 3 aliphatic heterocycles. The van der Waals surface area contributed by atoms with E-state index < -0.39 is 0 Å². The first-order valence-electron chi connectivity index (χ1n) is 18.4. The topological polar surface area (TPSA) is 9.72 Å². The molecule has 40 heavy (non-hydrogen) atoms. The molecule has 6 rings (SSSR count). The molecule has 6 aliphatic rings. The predicted molar refractivity (Wildman–Crippen MR) is 171 cm³/mol. The highest BCUT2D eigenvalue weighted by Gasteiger charge is 2.55. The van der Waals surface area contributed by atoms with Crippen molar-refractivity contribution in [3.05, 3.63) is 0 Å². The van der Waals surface area contributed by atoms with Gasteiger partial charge in [0.25, 0.3) is 0 Å². The second-order valence-corrected chi connectivity index (χ2v) is 17.3. The smallest absolute Gasteiger partial charge is 0.0101 e. The lowest BCUT2D eigenvalue weighted by Crippen LogP contribution is -2.47. The van der Waals surface area contributed by atoms with Crippen molar-refractivity contribution in [2.75, 3.05) is 19.6 Å². The van der Waals surface area contributed by atoms with E-state index in [9.17, 15) is 0 Å². The molecule has 0 amide bonds. The standard InChI is InChI=1S/C37H67N3/c1-8-33-22-35(14-10-11-15-35)24-40(33)28(5)18-31-12-16-36(21-31)20-30(7)39(25-36)29(6)19-32-13-17-37(32)23-34(9-2)38(26-37)27(3)4/h27-34H,8-26H2,1-7H3/t28?,29?,30-,31?,32?,33-,34-,36?,37?/m1/s1. The Labute approximate surface area is 249 Å². The highest BCUT2D eigenvalue weighted by atomic mass is 15.2. The maximum Gasteiger partial charge on any atom is 0.0101 e. The maximum absolute atomic E-state index is 3.00. The summed E-state index contributed by atoms with van der Waals surface area (Å²) >= 11 is 0. The van der Waals surface area contributed by atoms with Crippen molar-refractivity contribution in [2.24, 2.45) is 28.1 Å². The van der Waals surface area contributed by atoms with Crippen LogP contribution in [0, 0.1) is 28.1 Å². The fourth-order valence-corrected chi connectivity index (χ4v) is 12.3. The highest BCUT2D eigenvalue weighted by Crippen LogP contribution is 2.58. The number of hydrogen-bond acceptors (Lipinski definition) is 3. The van der Waals surface area contributed by atoms with Crippen LogP contribution in [0.5, 0.6) is 0 Å². The minimum absolute atomic E-state index is 0.631. The third-order valence-electron chi connectivity index (χ3n) is 14.4. The molecule has 0 aromatic rings. The average Bonchev–Trinajstić information content (AvgIpc) is 3.74. The highest BCUT2D eigenvalue weighted by molar-refractivity contribution is 5.08. The zero-order chi connectivity index (χ0) is 28.3. The van der Waals surface area contributed by atoms with Crippen LogP contribution in [-0.4, -0.2) is 70.6 Å². The fraction of sp³-hybridized carbons (Fsp3) is 1.00. The van der Waals surface area contributed by atoms with Crippen molar-refractivity contribution in [1.29, 1.82) is 0 Å². The van der Waals surface area contributed by atoms with Gasteiger partial charge in [-0.2, -0.15) is 0 Å². The number of rotatable bonds is 9. The second kappa shape index (κ2) is 11.4. The van der Waals surface area contributed by atoms with Crippen LogP contribution >= 0.6 is 0 Å². The summed E-state index contributed by atoms with van der Waals surface area (Å²) in [5, 5.41) is 0. The summed E-state index contributed by atoms with van der Waals surface area (Å²) < 4.78 is 0. The van der Waals surface area contributed by atoms with E-state index in [1.807, 2.05) is 0 Å². The molecule has 0 radical (unpaired) electrons. The van der Waals surface area contributed by atoms with E-state index in [1.165, 1.54) is 122 Å². The number of likely N-dealkylation sites (tertiary alicyclic amines) is 3. The summed E-state index contributed by atoms with van der Waals surface area (Å²) in [4.78, 5) is 8.87. The monoisotopic (exact) mass is 554 g/mol. The average molecular weight is 554 g/mol. The minimum Gasteiger partial charge on any atom is -0.297 e. The summed E-state index contributed by atoms with van der Waals surface area (Å²) in [5.41, 5.74) is 1.98. The van der Waals surface area contributed by atoms with Gasteiger partial charge in [-0.15, -0.1) is 0 Å². The van der Waals surface area contributed by atoms with Crippen LogP contribution in [0.15, 0.2) is 0 Å². The quantitative estimate of drug-likeness (QED) is 0.282. The Morgan fingerprint density at radius 1 is 0.650 bits per heavy atom. The zero-order valence-electron chi connectivity index (χ0n) is 27.9. The van der Waals surface area contributed by atoms with Crippen molar-refractivity contribution < 1.29 is 0 Å². The molecule has 6 unspecified atom stereocenters. The van der Waals surface area contributed by atoms with Crippen molar-refractivity contribution in [1.82, 2.24) is 14.7 Å². The van der Waals surface area contributed by atoms with Gasteiger partial charge in [0.2, 0.25) is 0 Å². The Kier molecular flexibility index (Phi) is 8.55. The predicted octanol–water partition coefficient (Wildman–Crippen LogP) is 8.76. The Hall–Kier alpha value is -0.120. The Morgan fingerprint density at radius 2 is 1.32 bits per heavy atom. The minimum atomic E-state index is 0.631. The molecule has 0 bridgehead atoms. The first-order chi connectivity index (χ1) is 19.1. The molecule has 3 heterocycles. The molecule has 3 heteroatoms. The molecule has 230 valence electrons. The molecule has 3 aliphatic carbocycles. The van der Waals surface area contributed by atoms with E-state index in [2.05, 4.69) is 63.2 Å². The SMILES string of the molecule is CC[C@@H]1CC2(CCC2CC(C)N2CC3(CCC(CC(C)N4CC5(CCCC5)C[C@H]4CC)C3)C[C@H]2C)CN1C(C)C. The summed E-state index contributed by atoms with van der Waals surface area (Å²) in [5.74, 6) is 1.94. The second-order valence-electron chi connectivity index (χ2n) is 17.3. The van der Waals surface area contributed by atoms with Gasteiger partial charge in [0.15, 0.2) is 0 Å². The van der Waals surface area contributed by atoms with Crippen molar-refractivity contribution >= 4 is 0 Å². The first kappa shape index (κ1) is 29.9. The van der Waals surface area contributed by atoms with Crippen LogP contribution in [0.2, 0.25) is 0 Å². The van der Waals surface area contributed by atoms with Gasteiger partial charge in [0.05, 0.1) is 0 Å². The van der Waals surface area contributed by atoms with Gasteiger partial charge in [-0.05, 0) is 153 Å². The zero-order valence-corrected chi connectivity index (χ0v) is 27.9. The van der Waals surface area contributed by atoms with Crippen LogP contribution < -0.4 is 0 Å². The lowest BCUT2D eigenvalue weighted by Gasteiger charge is -2.50. The van der Waals surface area contributed by atoms with Crippen LogP contribution in [0.25, 0.3) is 0 Å². The van der Waals surface area contributed by atoms with Crippen molar-refractivity contribution in [3.8, 4) is 0 Å². The molecular formula is C37H67N3. The van der Waals surface area contributed by atoms with Gasteiger partial charge in [-0.3, -0.25) is 14.7 Å². The molecule has 3 saturated heterocycles. The van der Waals surface area contributed by atoms with E-state index >= 15 is 0 Å². The van der Waals surface area contributed by atoms with Gasteiger partial charge >= 0.3 is 0 Å². The van der Waals surface area contributed by atoms with Gasteiger partial charge in [-0.1, -0.05) is 26.7 Å². The summed E-state index contributed by atoms with van der Waals surface area (Å²) in [6.45, 7) is 21.7. The summed E-state index contributed by atoms with van der Waals surface area (Å²) in [6.07, 6.45) is 23.6. The van der Waals surface area contributed by atoms with Gasteiger partial charge in [-0.25, -0.2) is 0 Å². The van der Waals surface area contributed by atoms with Gasteiger partial charge in [0, 0.05) is 55.9 Å². The Morgan fingerprint density at radius 3 is 1.95 bits per heavy atom. The van der Waals surface area contributed by atoms with Crippen molar-refractivity contribution in [2.45, 2.75) is 187 Å². The molecule has 6 fully saturated rings. The normalized spacial score (nSPS) is 43.6. The van der Waals surface area contributed by atoms with E-state index in [0.29, 0.717) is 22.3 Å². The molecule has 3 saturated carbocycles. The molecule has 0 aromatic heterocycles. The molecule has 0 N–H and O–H groups in total. The molecule has 9 atom stereocenters. The molecular weight excluding hydrogens is 486 g/mol. The fourth-order valence-electron chi connectivity index (χ4n) is 12.3. The van der Waals surface area contributed by atoms with E-state index in [0.717, 1.165) is 42.0 Å². The van der Waals surface area contributed by atoms with E-state index in [4.69, 9.17) is 0 Å². The lowest BCUT2D eigenvalue weighted by molar-refractivity contribution is 0.00725. The van der Waals surface area contributed by atoms with Gasteiger partial charge in [0.1, 0.15) is 0 Å². The molecule has 3 nitrogen and oxygen atoms in total. The summed E-state index contributed by atoms with van der Waals surface area (Å²) in [7, 11) is 0. The first-order valence-corrected chi connectivity index (χ1v) is 18.4. The maximum atomic E-state index is 3.00.